The summed E-state index contributed by atoms with van der Waals surface area (Å²) in [7, 11) is 0. The number of hydrogen-bond acceptors (Lipinski definition) is 2. The van der Waals surface area contributed by atoms with Crippen molar-refractivity contribution in [3.05, 3.63) is 32.5 Å². The summed E-state index contributed by atoms with van der Waals surface area (Å²) < 4.78 is 14.6. The van der Waals surface area contributed by atoms with Crippen molar-refractivity contribution >= 4 is 31.9 Å². The van der Waals surface area contributed by atoms with Gasteiger partial charge in [-0.05, 0) is 34.5 Å². The van der Waals surface area contributed by atoms with E-state index in [0.29, 0.717) is 20.9 Å². The third kappa shape index (κ3) is 2.53. The molecule has 0 unspecified atom stereocenters. The number of hydrogen-bond donors (Lipinski definition) is 2. The van der Waals surface area contributed by atoms with Gasteiger partial charge in [-0.15, -0.1) is 0 Å². The van der Waals surface area contributed by atoms with Gasteiger partial charge in [-0.2, -0.15) is 0 Å². The Labute approximate surface area is 98.6 Å². The highest BCUT2D eigenvalue weighted by Gasteiger charge is 2.16. The third-order valence-corrected chi connectivity index (χ3v) is 3.19. The van der Waals surface area contributed by atoms with Gasteiger partial charge in [0.2, 0.25) is 0 Å². The molecule has 0 amide bonds. The molecule has 0 aliphatic carbocycles. The minimum Gasteiger partial charge on any atom is -0.396 e. The summed E-state index contributed by atoms with van der Waals surface area (Å²) in [6.07, 6.45) is 0.339. The van der Waals surface area contributed by atoms with Crippen LogP contribution in [0.25, 0.3) is 0 Å². The number of rotatable bonds is 3. The van der Waals surface area contributed by atoms with Crippen LogP contribution in [0.3, 0.4) is 0 Å². The molecule has 5 heteroatoms. The first-order valence-electron chi connectivity index (χ1n) is 4.07. The van der Waals surface area contributed by atoms with Crippen LogP contribution in [-0.4, -0.2) is 11.7 Å². The number of halogens is 3. The lowest BCUT2D eigenvalue weighted by atomic mass is 10.0. The van der Waals surface area contributed by atoms with Crippen molar-refractivity contribution in [2.24, 2.45) is 5.73 Å². The molecule has 14 heavy (non-hydrogen) atoms. The average Bonchev–Trinajstić information content (AvgIpc) is 2.13. The number of aliphatic hydroxyl groups is 1. The first-order chi connectivity index (χ1) is 6.57. The van der Waals surface area contributed by atoms with E-state index in [9.17, 15) is 4.39 Å². The molecular formula is C9H10Br2FNO. The number of benzene rings is 1. The van der Waals surface area contributed by atoms with Gasteiger partial charge in [0.25, 0.3) is 0 Å². The van der Waals surface area contributed by atoms with Crippen LogP contribution in [0.5, 0.6) is 0 Å². The topological polar surface area (TPSA) is 46.2 Å². The monoisotopic (exact) mass is 325 g/mol. The summed E-state index contributed by atoms with van der Waals surface area (Å²) in [4.78, 5) is 0. The van der Waals surface area contributed by atoms with E-state index in [1.165, 1.54) is 0 Å². The Bertz CT molecular complexity index is 333. The molecule has 2 nitrogen and oxygen atoms in total. The van der Waals surface area contributed by atoms with Crippen LogP contribution in [0.2, 0.25) is 0 Å². The zero-order valence-electron chi connectivity index (χ0n) is 7.30. The highest BCUT2D eigenvalue weighted by Crippen LogP contribution is 2.31. The van der Waals surface area contributed by atoms with Crippen LogP contribution in [-0.2, 0) is 0 Å². The Morgan fingerprint density at radius 3 is 2.50 bits per heavy atom. The fourth-order valence-corrected chi connectivity index (χ4v) is 2.11. The zero-order chi connectivity index (χ0) is 10.7. The lowest BCUT2D eigenvalue weighted by molar-refractivity contribution is 0.275. The van der Waals surface area contributed by atoms with Crippen molar-refractivity contribution in [1.82, 2.24) is 0 Å². The van der Waals surface area contributed by atoms with Crippen molar-refractivity contribution in [3.63, 3.8) is 0 Å². The van der Waals surface area contributed by atoms with E-state index in [0.717, 1.165) is 0 Å². The summed E-state index contributed by atoms with van der Waals surface area (Å²) >= 11 is 6.32. The molecule has 0 saturated heterocycles. The van der Waals surface area contributed by atoms with Gasteiger partial charge in [0.05, 0.1) is 4.47 Å². The maximum Gasteiger partial charge on any atom is 0.143 e. The molecule has 1 aromatic carbocycles. The van der Waals surface area contributed by atoms with Crippen molar-refractivity contribution in [1.29, 1.82) is 0 Å². The summed E-state index contributed by atoms with van der Waals surface area (Å²) in [5.41, 5.74) is 6.12. The molecule has 0 bridgehead atoms. The second-order valence-electron chi connectivity index (χ2n) is 2.88. The molecule has 0 heterocycles. The standard InChI is InChI=1S/C9H10Br2FNO/c10-5-1-2-6(11)9(12)8(5)7(13)3-4-14/h1-2,7,14H,3-4,13H2/t7-/m1/s1. The fourth-order valence-electron chi connectivity index (χ4n) is 1.17. The van der Waals surface area contributed by atoms with Crippen molar-refractivity contribution in [3.8, 4) is 0 Å². The smallest absolute Gasteiger partial charge is 0.143 e. The summed E-state index contributed by atoms with van der Waals surface area (Å²) in [5.74, 6) is -0.375. The van der Waals surface area contributed by atoms with E-state index < -0.39 is 6.04 Å². The van der Waals surface area contributed by atoms with Crippen LogP contribution in [0.4, 0.5) is 4.39 Å². The Morgan fingerprint density at radius 1 is 1.36 bits per heavy atom. The second kappa shape index (κ2) is 5.21. The largest absolute Gasteiger partial charge is 0.396 e. The quantitative estimate of drug-likeness (QED) is 0.839. The minimum absolute atomic E-state index is 0.0560. The SMILES string of the molecule is N[C@H](CCO)c1c(Br)ccc(Br)c1F. The van der Waals surface area contributed by atoms with Gasteiger partial charge in [-0.3, -0.25) is 0 Å². The molecule has 78 valence electrons. The van der Waals surface area contributed by atoms with Gasteiger partial charge in [-0.25, -0.2) is 4.39 Å². The first-order valence-corrected chi connectivity index (χ1v) is 5.66. The van der Waals surface area contributed by atoms with Crippen molar-refractivity contribution in [2.75, 3.05) is 6.61 Å². The van der Waals surface area contributed by atoms with Crippen LogP contribution in [0, 0.1) is 5.82 Å². The van der Waals surface area contributed by atoms with Gasteiger partial charge in [-0.1, -0.05) is 15.9 Å². The maximum absolute atomic E-state index is 13.6. The molecule has 0 fully saturated rings. The lowest BCUT2D eigenvalue weighted by Gasteiger charge is -2.14. The van der Waals surface area contributed by atoms with Gasteiger partial charge >= 0.3 is 0 Å². The fraction of sp³-hybridized carbons (Fsp3) is 0.333. The molecule has 0 aromatic heterocycles. The third-order valence-electron chi connectivity index (χ3n) is 1.89. The van der Waals surface area contributed by atoms with E-state index in [1.807, 2.05) is 0 Å². The van der Waals surface area contributed by atoms with Gasteiger partial charge < -0.3 is 10.8 Å². The van der Waals surface area contributed by atoms with E-state index in [-0.39, 0.29) is 12.4 Å². The molecule has 0 spiro atoms. The molecule has 0 saturated carbocycles. The van der Waals surface area contributed by atoms with Gasteiger partial charge in [0.15, 0.2) is 0 Å². The predicted molar refractivity (Wildman–Crippen MR) is 60.4 cm³/mol. The lowest BCUT2D eigenvalue weighted by Crippen LogP contribution is -2.14. The molecule has 3 N–H and O–H groups in total. The Kier molecular flexibility index (Phi) is 4.50. The zero-order valence-corrected chi connectivity index (χ0v) is 10.5. The summed E-state index contributed by atoms with van der Waals surface area (Å²) in [5, 5.41) is 8.72. The number of nitrogens with two attached hydrogens (primary N) is 1. The van der Waals surface area contributed by atoms with E-state index >= 15 is 0 Å². The van der Waals surface area contributed by atoms with Gasteiger partial charge in [0, 0.05) is 22.7 Å². The Balaban J connectivity index is 3.11. The molecule has 0 aliphatic rings. The molecule has 0 aliphatic heterocycles. The first kappa shape index (κ1) is 12.1. The number of aliphatic hydroxyl groups excluding tert-OH is 1. The average molecular weight is 327 g/mol. The van der Waals surface area contributed by atoms with E-state index in [2.05, 4.69) is 31.9 Å². The predicted octanol–water partition coefficient (Wildman–Crippen LogP) is 2.73. The van der Waals surface area contributed by atoms with Crippen molar-refractivity contribution in [2.45, 2.75) is 12.5 Å². The molecule has 1 atom stereocenters. The Morgan fingerprint density at radius 2 is 1.93 bits per heavy atom. The summed E-state index contributed by atoms with van der Waals surface area (Å²) in [6.45, 7) is -0.0560. The van der Waals surface area contributed by atoms with Crippen LogP contribution in [0.15, 0.2) is 21.1 Å². The van der Waals surface area contributed by atoms with E-state index in [1.54, 1.807) is 12.1 Å². The maximum atomic E-state index is 13.6. The van der Waals surface area contributed by atoms with Crippen LogP contribution < -0.4 is 5.73 Å². The molecular weight excluding hydrogens is 317 g/mol. The molecule has 0 radical (unpaired) electrons. The second-order valence-corrected chi connectivity index (χ2v) is 4.58. The Hall–Kier alpha value is 0.0300. The normalized spacial score (nSPS) is 12.9. The minimum atomic E-state index is -0.494. The van der Waals surface area contributed by atoms with Crippen LogP contribution in [0.1, 0.15) is 18.0 Å². The highest BCUT2D eigenvalue weighted by atomic mass is 79.9. The molecule has 1 rings (SSSR count). The highest BCUT2D eigenvalue weighted by molar-refractivity contribution is 9.11. The van der Waals surface area contributed by atoms with Crippen LogP contribution >= 0.6 is 31.9 Å². The van der Waals surface area contributed by atoms with Crippen molar-refractivity contribution < 1.29 is 9.50 Å². The molecule has 1 aromatic rings. The van der Waals surface area contributed by atoms with Gasteiger partial charge in [0.1, 0.15) is 5.82 Å². The summed E-state index contributed by atoms with van der Waals surface area (Å²) in [6, 6.07) is 2.83. The van der Waals surface area contributed by atoms with E-state index in [4.69, 9.17) is 10.8 Å².